The summed E-state index contributed by atoms with van der Waals surface area (Å²) >= 11 is 0. The molecule has 1 N–H and O–H groups in total. The first kappa shape index (κ1) is 15.0. The Hall–Kier alpha value is -2.95. The third-order valence-electron chi connectivity index (χ3n) is 3.45. The first-order valence-corrected chi connectivity index (χ1v) is 7.09. The average Bonchev–Trinajstić information content (AvgIpc) is 2.52. The van der Waals surface area contributed by atoms with E-state index >= 15 is 0 Å². The number of ketones is 1. The highest BCUT2D eigenvalue weighted by Gasteiger charge is 2.25. The van der Waals surface area contributed by atoms with E-state index in [9.17, 15) is 14.0 Å². The number of Topliss-reactive ketones (excluding diaryl/α,β-unsaturated/α-hetero) is 1. The van der Waals surface area contributed by atoms with Crippen LogP contribution in [-0.4, -0.2) is 18.3 Å². The van der Waals surface area contributed by atoms with E-state index in [1.807, 2.05) is 0 Å². The fraction of sp³-hybridized carbons (Fsp3) is 0.111. The summed E-state index contributed by atoms with van der Waals surface area (Å²) in [4.78, 5) is 23.4. The molecule has 1 amide bonds. The highest BCUT2D eigenvalue weighted by molar-refractivity contribution is 6.14. The summed E-state index contributed by atoms with van der Waals surface area (Å²) in [5.41, 5.74) is 2.16. The first-order valence-electron chi connectivity index (χ1n) is 7.09. The van der Waals surface area contributed by atoms with Gasteiger partial charge in [-0.25, -0.2) is 4.39 Å². The van der Waals surface area contributed by atoms with Gasteiger partial charge in [-0.1, -0.05) is 18.2 Å². The lowest BCUT2D eigenvalue weighted by atomic mass is 9.98. The van der Waals surface area contributed by atoms with Gasteiger partial charge in [0, 0.05) is 18.2 Å². The van der Waals surface area contributed by atoms with Gasteiger partial charge in [0.1, 0.15) is 6.61 Å². The monoisotopic (exact) mass is 311 g/mol. The lowest BCUT2D eigenvalue weighted by Crippen LogP contribution is -2.19. The number of carbonyl (C=O) groups excluding carboxylic acids is 2. The number of rotatable bonds is 2. The molecule has 0 radical (unpaired) electrons. The molecule has 0 aliphatic carbocycles. The number of hydrogen-bond acceptors (Lipinski definition) is 3. The van der Waals surface area contributed by atoms with Crippen LogP contribution in [0.1, 0.15) is 22.8 Å². The summed E-state index contributed by atoms with van der Waals surface area (Å²) in [6, 6.07) is 11.4. The number of benzene rings is 2. The molecule has 0 saturated heterocycles. The molecule has 0 fully saturated rings. The van der Waals surface area contributed by atoms with Crippen molar-refractivity contribution < 1.29 is 18.7 Å². The maximum atomic E-state index is 13.6. The summed E-state index contributed by atoms with van der Waals surface area (Å²) in [7, 11) is 0. The summed E-state index contributed by atoms with van der Waals surface area (Å²) < 4.78 is 19.0. The molecule has 5 heteroatoms. The van der Waals surface area contributed by atoms with E-state index in [1.165, 1.54) is 19.1 Å². The van der Waals surface area contributed by atoms with Gasteiger partial charge in [0.2, 0.25) is 5.91 Å². The molecule has 0 unspecified atom stereocenters. The highest BCUT2D eigenvalue weighted by Crippen LogP contribution is 2.30. The van der Waals surface area contributed by atoms with Gasteiger partial charge in [0.25, 0.3) is 0 Å². The minimum Gasteiger partial charge on any atom is -0.485 e. The van der Waals surface area contributed by atoms with Crippen molar-refractivity contribution >= 4 is 23.5 Å². The second-order valence-electron chi connectivity index (χ2n) is 5.21. The summed E-state index contributed by atoms with van der Waals surface area (Å²) in [5, 5.41) is 2.67. The second-order valence-corrected chi connectivity index (χ2v) is 5.21. The minimum atomic E-state index is -0.533. The van der Waals surface area contributed by atoms with E-state index in [2.05, 4.69) is 5.32 Å². The molecule has 4 nitrogen and oxygen atoms in total. The van der Waals surface area contributed by atoms with Crippen LogP contribution >= 0.6 is 0 Å². The molecule has 0 aromatic heterocycles. The minimum absolute atomic E-state index is 0.00987. The Kier molecular flexibility index (Phi) is 3.93. The molecule has 1 heterocycles. The molecule has 1 aliphatic heterocycles. The van der Waals surface area contributed by atoms with Crippen molar-refractivity contribution in [3.8, 4) is 5.75 Å². The smallest absolute Gasteiger partial charge is 0.221 e. The van der Waals surface area contributed by atoms with E-state index < -0.39 is 5.82 Å². The fourth-order valence-electron chi connectivity index (χ4n) is 2.40. The highest BCUT2D eigenvalue weighted by atomic mass is 19.1. The average molecular weight is 311 g/mol. The Morgan fingerprint density at radius 3 is 2.65 bits per heavy atom. The SMILES string of the molecule is CC(=O)Nc1ccc(/C=C2/COc3c(F)cccc3C2=O)cc1. The molecular formula is C18H14FNO3. The normalized spacial score (nSPS) is 15.0. The Bertz CT molecular complexity index is 810. The molecule has 0 bridgehead atoms. The van der Waals surface area contributed by atoms with Crippen LogP contribution in [-0.2, 0) is 4.79 Å². The van der Waals surface area contributed by atoms with E-state index in [-0.39, 0.29) is 29.6 Å². The van der Waals surface area contributed by atoms with Crippen molar-refractivity contribution in [2.45, 2.75) is 6.92 Å². The number of fused-ring (bicyclic) bond motifs is 1. The molecule has 116 valence electrons. The zero-order valence-corrected chi connectivity index (χ0v) is 12.4. The van der Waals surface area contributed by atoms with E-state index in [0.29, 0.717) is 11.3 Å². The van der Waals surface area contributed by atoms with Crippen LogP contribution < -0.4 is 10.1 Å². The van der Waals surface area contributed by atoms with Gasteiger partial charge in [0.15, 0.2) is 17.3 Å². The fourth-order valence-corrected chi connectivity index (χ4v) is 2.40. The summed E-state index contributed by atoms with van der Waals surface area (Å²) in [6.07, 6.45) is 1.70. The van der Waals surface area contributed by atoms with Crippen molar-refractivity contribution in [2.24, 2.45) is 0 Å². The molecule has 0 saturated carbocycles. The molecule has 2 aromatic carbocycles. The third kappa shape index (κ3) is 3.13. The Morgan fingerprint density at radius 1 is 1.22 bits per heavy atom. The maximum absolute atomic E-state index is 13.6. The molecule has 0 spiro atoms. The van der Waals surface area contributed by atoms with Gasteiger partial charge in [-0.2, -0.15) is 0 Å². The van der Waals surface area contributed by atoms with Crippen molar-refractivity contribution in [2.75, 3.05) is 11.9 Å². The predicted octanol–water partition coefficient (Wildman–Crippen LogP) is 3.44. The number of halogens is 1. The quantitative estimate of drug-likeness (QED) is 0.864. The number of hydrogen-bond donors (Lipinski definition) is 1. The van der Waals surface area contributed by atoms with Crippen LogP contribution in [0, 0.1) is 5.82 Å². The van der Waals surface area contributed by atoms with Crippen LogP contribution in [0.25, 0.3) is 6.08 Å². The van der Waals surface area contributed by atoms with Crippen LogP contribution in [0.4, 0.5) is 10.1 Å². The Morgan fingerprint density at radius 2 is 1.96 bits per heavy atom. The Balaban J connectivity index is 1.86. The number of para-hydroxylation sites is 1. The van der Waals surface area contributed by atoms with Crippen LogP contribution in [0.5, 0.6) is 5.75 Å². The number of nitrogens with one attached hydrogen (secondary N) is 1. The van der Waals surface area contributed by atoms with Gasteiger partial charge in [0.05, 0.1) is 5.56 Å². The van der Waals surface area contributed by atoms with Crippen molar-refractivity contribution in [1.82, 2.24) is 0 Å². The molecule has 3 rings (SSSR count). The van der Waals surface area contributed by atoms with E-state index in [1.54, 1.807) is 36.4 Å². The molecular weight excluding hydrogens is 297 g/mol. The number of anilines is 1. The van der Waals surface area contributed by atoms with E-state index in [0.717, 1.165) is 5.56 Å². The van der Waals surface area contributed by atoms with Crippen LogP contribution in [0.2, 0.25) is 0 Å². The third-order valence-corrected chi connectivity index (χ3v) is 3.45. The molecule has 0 atom stereocenters. The predicted molar refractivity (Wildman–Crippen MR) is 84.9 cm³/mol. The zero-order chi connectivity index (χ0) is 16.4. The first-order chi connectivity index (χ1) is 11.0. The number of carbonyl (C=O) groups is 2. The van der Waals surface area contributed by atoms with Gasteiger partial charge < -0.3 is 10.1 Å². The van der Waals surface area contributed by atoms with Gasteiger partial charge in [-0.05, 0) is 35.9 Å². The standard InChI is InChI=1S/C18H14FNO3/c1-11(21)20-14-7-5-12(6-8-14)9-13-10-23-18-15(17(13)22)3-2-4-16(18)19/h2-9H,10H2,1H3,(H,20,21)/b13-9-. The van der Waals surface area contributed by atoms with Gasteiger partial charge in [-0.15, -0.1) is 0 Å². The van der Waals surface area contributed by atoms with Gasteiger partial charge >= 0.3 is 0 Å². The lowest BCUT2D eigenvalue weighted by Gasteiger charge is -2.19. The van der Waals surface area contributed by atoms with Crippen LogP contribution in [0.3, 0.4) is 0 Å². The lowest BCUT2D eigenvalue weighted by molar-refractivity contribution is -0.114. The van der Waals surface area contributed by atoms with Crippen LogP contribution in [0.15, 0.2) is 48.0 Å². The molecule has 23 heavy (non-hydrogen) atoms. The van der Waals surface area contributed by atoms with Gasteiger partial charge in [-0.3, -0.25) is 9.59 Å². The number of amides is 1. The van der Waals surface area contributed by atoms with Crippen molar-refractivity contribution in [3.63, 3.8) is 0 Å². The summed E-state index contributed by atoms with van der Waals surface area (Å²) in [5.74, 6) is -0.910. The Labute approximate surface area is 132 Å². The van der Waals surface area contributed by atoms with Crippen molar-refractivity contribution in [1.29, 1.82) is 0 Å². The molecule has 2 aromatic rings. The topological polar surface area (TPSA) is 55.4 Å². The molecule has 1 aliphatic rings. The maximum Gasteiger partial charge on any atom is 0.221 e. The summed E-state index contributed by atoms with van der Waals surface area (Å²) in [6.45, 7) is 1.46. The number of ether oxygens (including phenoxy) is 1. The zero-order valence-electron chi connectivity index (χ0n) is 12.4. The largest absolute Gasteiger partial charge is 0.485 e. The second kappa shape index (κ2) is 6.04. The van der Waals surface area contributed by atoms with Crippen molar-refractivity contribution in [3.05, 3.63) is 65.0 Å². The van der Waals surface area contributed by atoms with E-state index in [4.69, 9.17) is 4.74 Å².